The molecule has 3 aromatic carbocycles. The Kier molecular flexibility index (Phi) is 4.45. The van der Waals surface area contributed by atoms with Crippen LogP contribution in [-0.2, 0) is 4.79 Å². The summed E-state index contributed by atoms with van der Waals surface area (Å²) in [5.74, 6) is -0.209. The van der Waals surface area contributed by atoms with E-state index in [0.717, 1.165) is 0 Å². The van der Waals surface area contributed by atoms with Crippen LogP contribution >= 0.6 is 11.6 Å². The number of hydrogen-bond acceptors (Lipinski definition) is 4. The topological polar surface area (TPSA) is 72.5 Å². The Labute approximate surface area is 165 Å². The highest BCUT2D eigenvalue weighted by atomic mass is 35.5. The molecule has 0 spiro atoms. The van der Waals surface area contributed by atoms with E-state index in [2.05, 4.69) is 5.32 Å². The lowest BCUT2D eigenvalue weighted by Crippen LogP contribution is -2.22. The molecular formula is C22H14ClNO4. The molecule has 0 unspecified atom stereocenters. The minimum atomic E-state index is -0.389. The summed E-state index contributed by atoms with van der Waals surface area (Å²) < 4.78 is 5.85. The van der Waals surface area contributed by atoms with Crippen LogP contribution < -0.4 is 10.1 Å². The van der Waals surface area contributed by atoms with Crippen molar-refractivity contribution in [2.45, 2.75) is 6.92 Å². The Morgan fingerprint density at radius 3 is 2.25 bits per heavy atom. The summed E-state index contributed by atoms with van der Waals surface area (Å²) in [7, 11) is 0. The van der Waals surface area contributed by atoms with E-state index in [1.165, 1.54) is 19.1 Å². The number of nitrogens with one attached hydrogen (secondary N) is 1. The molecular weight excluding hydrogens is 378 g/mol. The lowest BCUT2D eigenvalue weighted by Gasteiger charge is -2.22. The normalized spacial score (nSPS) is 12.2. The van der Waals surface area contributed by atoms with Gasteiger partial charge in [-0.05, 0) is 30.3 Å². The average Bonchev–Trinajstić information content (AvgIpc) is 2.68. The number of fused-ring (bicyclic) bond motifs is 2. The monoisotopic (exact) mass is 391 g/mol. The van der Waals surface area contributed by atoms with Crippen LogP contribution in [-0.4, -0.2) is 17.5 Å². The molecule has 5 nitrogen and oxygen atoms in total. The largest absolute Gasteiger partial charge is 0.457 e. The first-order chi connectivity index (χ1) is 13.5. The second-order valence-corrected chi connectivity index (χ2v) is 6.66. The van der Waals surface area contributed by atoms with Crippen LogP contribution in [0.4, 0.5) is 5.69 Å². The molecule has 1 N–H and O–H groups in total. The molecule has 4 rings (SSSR count). The minimum absolute atomic E-state index is 0.0473. The zero-order valence-electron chi connectivity index (χ0n) is 14.8. The number of anilines is 1. The third-order valence-electron chi connectivity index (χ3n) is 4.39. The van der Waals surface area contributed by atoms with Crippen LogP contribution in [0, 0.1) is 0 Å². The Morgan fingerprint density at radius 2 is 1.54 bits per heavy atom. The number of carbonyl (C=O) groups is 3. The predicted octanol–water partition coefficient (Wildman–Crippen LogP) is 4.87. The number of benzene rings is 3. The van der Waals surface area contributed by atoms with Gasteiger partial charge < -0.3 is 10.1 Å². The maximum Gasteiger partial charge on any atom is 0.221 e. The number of halogens is 1. The average molecular weight is 392 g/mol. The molecule has 28 heavy (non-hydrogen) atoms. The van der Waals surface area contributed by atoms with Crippen molar-refractivity contribution in [3.63, 3.8) is 0 Å². The minimum Gasteiger partial charge on any atom is -0.457 e. The van der Waals surface area contributed by atoms with E-state index in [0.29, 0.717) is 11.5 Å². The fourth-order valence-corrected chi connectivity index (χ4v) is 3.50. The Bertz CT molecular complexity index is 1140. The molecule has 1 amide bonds. The number of amides is 1. The van der Waals surface area contributed by atoms with Gasteiger partial charge in [0.05, 0.1) is 21.8 Å². The van der Waals surface area contributed by atoms with Gasteiger partial charge >= 0.3 is 0 Å². The van der Waals surface area contributed by atoms with Crippen molar-refractivity contribution in [1.29, 1.82) is 0 Å². The smallest absolute Gasteiger partial charge is 0.221 e. The summed E-state index contributed by atoms with van der Waals surface area (Å²) >= 11 is 6.35. The van der Waals surface area contributed by atoms with Gasteiger partial charge in [0.1, 0.15) is 11.5 Å². The maximum atomic E-state index is 13.2. The molecule has 1 aliphatic rings. The van der Waals surface area contributed by atoms with Gasteiger partial charge in [-0.3, -0.25) is 14.4 Å². The van der Waals surface area contributed by atoms with Crippen LogP contribution in [0.5, 0.6) is 11.5 Å². The molecule has 0 aliphatic heterocycles. The standard InChI is InChI=1S/C22H14ClNO4/c1-12(25)24-16-11-10-15-19(20(16)23)22(27)14-8-5-9-17(18(14)21(15)26)28-13-6-3-2-4-7-13/h2-11H,1H3,(H,24,25). The summed E-state index contributed by atoms with van der Waals surface area (Å²) in [4.78, 5) is 37.6. The zero-order valence-corrected chi connectivity index (χ0v) is 15.5. The van der Waals surface area contributed by atoms with Crippen molar-refractivity contribution in [1.82, 2.24) is 0 Å². The number of hydrogen-bond donors (Lipinski definition) is 1. The van der Waals surface area contributed by atoms with E-state index in [1.54, 1.807) is 30.3 Å². The van der Waals surface area contributed by atoms with Crippen molar-refractivity contribution in [2.75, 3.05) is 5.32 Å². The number of carbonyl (C=O) groups excluding carboxylic acids is 3. The molecule has 138 valence electrons. The van der Waals surface area contributed by atoms with Gasteiger partial charge in [-0.1, -0.05) is 41.9 Å². The summed E-state index contributed by atoms with van der Waals surface area (Å²) in [6.45, 7) is 1.34. The molecule has 0 fully saturated rings. The van der Waals surface area contributed by atoms with Gasteiger partial charge in [-0.25, -0.2) is 0 Å². The van der Waals surface area contributed by atoms with E-state index in [1.807, 2.05) is 18.2 Å². The summed E-state index contributed by atoms with van der Waals surface area (Å²) in [5.41, 5.74) is 0.970. The number of ether oxygens (including phenoxy) is 1. The van der Waals surface area contributed by atoms with E-state index in [4.69, 9.17) is 16.3 Å². The third kappa shape index (κ3) is 2.96. The van der Waals surface area contributed by atoms with Crippen molar-refractivity contribution in [2.24, 2.45) is 0 Å². The zero-order chi connectivity index (χ0) is 19.8. The molecule has 0 heterocycles. The van der Waals surface area contributed by atoms with Crippen LogP contribution in [0.3, 0.4) is 0 Å². The first-order valence-corrected chi connectivity index (χ1v) is 8.90. The molecule has 0 saturated heterocycles. The summed E-state index contributed by atoms with van der Waals surface area (Å²) in [6.07, 6.45) is 0. The molecule has 0 aromatic heterocycles. The number of ketones is 2. The number of rotatable bonds is 3. The van der Waals surface area contributed by atoms with E-state index in [-0.39, 0.29) is 50.4 Å². The van der Waals surface area contributed by atoms with Crippen LogP contribution in [0.2, 0.25) is 5.02 Å². The maximum absolute atomic E-state index is 13.2. The Balaban J connectivity index is 1.84. The summed E-state index contributed by atoms with van der Waals surface area (Å²) in [5, 5.41) is 2.61. The molecule has 0 saturated carbocycles. The van der Waals surface area contributed by atoms with Gasteiger partial charge in [0.25, 0.3) is 0 Å². The Hall–Kier alpha value is -3.44. The van der Waals surface area contributed by atoms with Crippen LogP contribution in [0.15, 0.2) is 60.7 Å². The second kappa shape index (κ2) is 6.94. The van der Waals surface area contributed by atoms with Crippen LogP contribution in [0.1, 0.15) is 38.8 Å². The first kappa shape index (κ1) is 17.9. The third-order valence-corrected chi connectivity index (χ3v) is 4.79. The Morgan fingerprint density at radius 1 is 0.857 bits per heavy atom. The highest BCUT2D eigenvalue weighted by Crippen LogP contribution is 2.39. The van der Waals surface area contributed by atoms with Gasteiger partial charge in [0.2, 0.25) is 5.91 Å². The van der Waals surface area contributed by atoms with Gasteiger partial charge in [0, 0.05) is 18.1 Å². The lowest BCUT2D eigenvalue weighted by atomic mass is 9.83. The first-order valence-electron chi connectivity index (χ1n) is 8.52. The van der Waals surface area contributed by atoms with Gasteiger partial charge in [0.15, 0.2) is 11.6 Å². The molecule has 6 heteroatoms. The fraction of sp³-hybridized carbons (Fsp3) is 0.0455. The lowest BCUT2D eigenvalue weighted by molar-refractivity contribution is -0.114. The summed E-state index contributed by atoms with van der Waals surface area (Å²) in [6, 6.07) is 16.9. The molecule has 1 aliphatic carbocycles. The predicted molar refractivity (Wildman–Crippen MR) is 106 cm³/mol. The molecule has 0 atom stereocenters. The second-order valence-electron chi connectivity index (χ2n) is 6.28. The molecule has 0 radical (unpaired) electrons. The van der Waals surface area contributed by atoms with E-state index in [9.17, 15) is 14.4 Å². The van der Waals surface area contributed by atoms with Crippen molar-refractivity contribution >= 4 is 34.8 Å². The highest BCUT2D eigenvalue weighted by molar-refractivity contribution is 6.41. The van der Waals surface area contributed by atoms with E-state index < -0.39 is 0 Å². The highest BCUT2D eigenvalue weighted by Gasteiger charge is 2.35. The van der Waals surface area contributed by atoms with Gasteiger partial charge in [-0.2, -0.15) is 0 Å². The van der Waals surface area contributed by atoms with Crippen LogP contribution in [0.25, 0.3) is 0 Å². The van der Waals surface area contributed by atoms with Crippen molar-refractivity contribution in [3.8, 4) is 11.5 Å². The van der Waals surface area contributed by atoms with Crippen molar-refractivity contribution < 1.29 is 19.1 Å². The fourth-order valence-electron chi connectivity index (χ4n) is 3.20. The van der Waals surface area contributed by atoms with E-state index >= 15 is 0 Å². The quantitative estimate of drug-likeness (QED) is 0.541. The molecule has 0 bridgehead atoms. The van der Waals surface area contributed by atoms with Gasteiger partial charge in [-0.15, -0.1) is 0 Å². The SMILES string of the molecule is CC(=O)Nc1ccc2c(c1Cl)C(=O)c1cccc(Oc3ccccc3)c1C2=O. The van der Waals surface area contributed by atoms with Crippen molar-refractivity contribution in [3.05, 3.63) is 87.9 Å². The molecule has 3 aromatic rings. The number of para-hydroxylation sites is 1.